The van der Waals surface area contributed by atoms with Gasteiger partial charge in [0.25, 0.3) is 5.69 Å². The highest BCUT2D eigenvalue weighted by molar-refractivity contribution is 5.95. The van der Waals surface area contributed by atoms with E-state index in [1.165, 1.54) is 12.1 Å². The number of nitro groups is 1. The lowest BCUT2D eigenvalue weighted by Gasteiger charge is -2.08. The van der Waals surface area contributed by atoms with Crippen LogP contribution in [-0.2, 0) is 0 Å². The summed E-state index contributed by atoms with van der Waals surface area (Å²) < 4.78 is 10.9. The third-order valence-electron chi connectivity index (χ3n) is 3.15. The van der Waals surface area contributed by atoms with Gasteiger partial charge in [0.05, 0.1) is 11.0 Å². The zero-order valence-corrected chi connectivity index (χ0v) is 12.7. The van der Waals surface area contributed by atoms with Crippen molar-refractivity contribution in [3.63, 3.8) is 0 Å². The van der Waals surface area contributed by atoms with Crippen molar-refractivity contribution in [3.8, 4) is 11.5 Å². The molecule has 0 fully saturated rings. The van der Waals surface area contributed by atoms with E-state index in [-0.39, 0.29) is 18.1 Å². The summed E-state index contributed by atoms with van der Waals surface area (Å²) in [6.45, 7) is 2.37. The molecule has 0 heterocycles. The van der Waals surface area contributed by atoms with Crippen molar-refractivity contribution < 1.29 is 19.2 Å². The molecule has 0 saturated carbocycles. The van der Waals surface area contributed by atoms with Crippen LogP contribution in [0.3, 0.4) is 0 Å². The molecular formula is C17H17NO5. The quantitative estimate of drug-likeness (QED) is 0.321. The number of ketones is 1. The second-order valence-corrected chi connectivity index (χ2v) is 4.75. The van der Waals surface area contributed by atoms with Crippen molar-refractivity contribution in [1.29, 1.82) is 0 Å². The van der Waals surface area contributed by atoms with Crippen LogP contribution in [0.4, 0.5) is 5.69 Å². The van der Waals surface area contributed by atoms with E-state index in [1.54, 1.807) is 36.4 Å². The lowest BCUT2D eigenvalue weighted by Crippen LogP contribution is -2.09. The van der Waals surface area contributed by atoms with E-state index in [9.17, 15) is 14.9 Å². The third-order valence-corrected chi connectivity index (χ3v) is 3.15. The van der Waals surface area contributed by atoms with Crippen molar-refractivity contribution in [1.82, 2.24) is 0 Å². The number of non-ortho nitro benzene ring substituents is 1. The number of ether oxygens (including phenoxy) is 2. The van der Waals surface area contributed by atoms with Gasteiger partial charge < -0.3 is 9.47 Å². The summed E-state index contributed by atoms with van der Waals surface area (Å²) in [4.78, 5) is 21.7. The number of carbonyl (C=O) groups excluding carboxylic acids is 1. The fourth-order valence-electron chi connectivity index (χ4n) is 1.95. The Morgan fingerprint density at radius 2 is 1.70 bits per heavy atom. The van der Waals surface area contributed by atoms with E-state index in [4.69, 9.17) is 9.47 Å². The van der Waals surface area contributed by atoms with E-state index in [2.05, 4.69) is 0 Å². The lowest BCUT2D eigenvalue weighted by atomic mass is 10.1. The van der Waals surface area contributed by atoms with E-state index < -0.39 is 4.92 Å². The van der Waals surface area contributed by atoms with Gasteiger partial charge in [0.1, 0.15) is 24.7 Å². The molecule has 0 saturated heterocycles. The van der Waals surface area contributed by atoms with Crippen LogP contribution in [0.2, 0.25) is 0 Å². The molecule has 23 heavy (non-hydrogen) atoms. The zero-order valence-electron chi connectivity index (χ0n) is 12.7. The highest BCUT2D eigenvalue weighted by Crippen LogP contribution is 2.19. The molecule has 2 aromatic carbocycles. The fraction of sp³-hybridized carbons (Fsp3) is 0.235. The first-order valence-electron chi connectivity index (χ1n) is 7.23. The molecule has 2 aromatic rings. The molecule has 0 spiro atoms. The number of nitro benzene ring substituents is 1. The third kappa shape index (κ3) is 4.81. The van der Waals surface area contributed by atoms with Crippen molar-refractivity contribution in [2.24, 2.45) is 0 Å². The van der Waals surface area contributed by atoms with Gasteiger partial charge in [-0.2, -0.15) is 0 Å². The maximum atomic E-state index is 11.5. The topological polar surface area (TPSA) is 78.7 Å². The summed E-state index contributed by atoms with van der Waals surface area (Å²) in [6, 6.07) is 12.9. The first kappa shape index (κ1) is 16.5. The fourth-order valence-corrected chi connectivity index (χ4v) is 1.95. The number of hydrogen-bond acceptors (Lipinski definition) is 5. The SMILES string of the molecule is CCC(=O)c1ccc(OCCOc2cccc([N+](=O)[O-])c2)cc1. The summed E-state index contributed by atoms with van der Waals surface area (Å²) >= 11 is 0. The van der Waals surface area contributed by atoms with Crippen LogP contribution in [0.25, 0.3) is 0 Å². The van der Waals surface area contributed by atoms with Crippen LogP contribution < -0.4 is 9.47 Å². The zero-order chi connectivity index (χ0) is 16.7. The van der Waals surface area contributed by atoms with Gasteiger partial charge in [-0.05, 0) is 30.3 Å². The monoisotopic (exact) mass is 315 g/mol. The van der Waals surface area contributed by atoms with Gasteiger partial charge in [-0.15, -0.1) is 0 Å². The summed E-state index contributed by atoms with van der Waals surface area (Å²) in [6.07, 6.45) is 0.470. The number of rotatable bonds is 8. The number of hydrogen-bond donors (Lipinski definition) is 0. The van der Waals surface area contributed by atoms with Crippen LogP contribution in [0, 0.1) is 10.1 Å². The molecule has 2 rings (SSSR count). The van der Waals surface area contributed by atoms with Crippen LogP contribution >= 0.6 is 0 Å². The van der Waals surface area contributed by atoms with E-state index >= 15 is 0 Å². The highest BCUT2D eigenvalue weighted by atomic mass is 16.6. The number of benzene rings is 2. The Hall–Kier alpha value is -2.89. The highest BCUT2D eigenvalue weighted by Gasteiger charge is 2.06. The van der Waals surface area contributed by atoms with E-state index in [0.717, 1.165) is 0 Å². The van der Waals surface area contributed by atoms with Gasteiger partial charge in [-0.1, -0.05) is 13.0 Å². The summed E-state index contributed by atoms with van der Waals surface area (Å²) in [5, 5.41) is 10.7. The summed E-state index contributed by atoms with van der Waals surface area (Å²) in [7, 11) is 0. The maximum Gasteiger partial charge on any atom is 0.273 e. The van der Waals surface area contributed by atoms with E-state index in [1.807, 2.05) is 6.92 Å². The van der Waals surface area contributed by atoms with Crippen molar-refractivity contribution in [2.75, 3.05) is 13.2 Å². The lowest BCUT2D eigenvalue weighted by molar-refractivity contribution is -0.384. The van der Waals surface area contributed by atoms with Crippen molar-refractivity contribution in [2.45, 2.75) is 13.3 Å². The minimum Gasteiger partial charge on any atom is -0.490 e. The minimum atomic E-state index is -0.470. The van der Waals surface area contributed by atoms with Gasteiger partial charge in [-0.25, -0.2) is 0 Å². The Morgan fingerprint density at radius 1 is 1.04 bits per heavy atom. The molecular weight excluding hydrogens is 298 g/mol. The first-order valence-corrected chi connectivity index (χ1v) is 7.23. The second kappa shape index (κ2) is 7.93. The molecule has 0 radical (unpaired) electrons. The molecule has 6 nitrogen and oxygen atoms in total. The molecule has 0 N–H and O–H groups in total. The van der Waals surface area contributed by atoms with Crippen LogP contribution in [0.15, 0.2) is 48.5 Å². The van der Waals surface area contributed by atoms with Gasteiger partial charge in [0.15, 0.2) is 5.78 Å². The Morgan fingerprint density at radius 3 is 2.30 bits per heavy atom. The minimum absolute atomic E-state index is 0.0143. The van der Waals surface area contributed by atoms with Crippen LogP contribution in [-0.4, -0.2) is 23.9 Å². The van der Waals surface area contributed by atoms with Crippen molar-refractivity contribution >= 4 is 11.5 Å². The molecule has 0 aliphatic carbocycles. The van der Waals surface area contributed by atoms with Gasteiger partial charge in [-0.3, -0.25) is 14.9 Å². The largest absolute Gasteiger partial charge is 0.490 e. The normalized spacial score (nSPS) is 10.1. The van der Waals surface area contributed by atoms with Gasteiger partial charge >= 0.3 is 0 Å². The predicted molar refractivity (Wildman–Crippen MR) is 85.1 cm³/mol. The predicted octanol–water partition coefficient (Wildman–Crippen LogP) is 3.65. The molecule has 120 valence electrons. The average Bonchev–Trinajstić information content (AvgIpc) is 2.59. The van der Waals surface area contributed by atoms with Crippen LogP contribution in [0.1, 0.15) is 23.7 Å². The summed E-state index contributed by atoms with van der Waals surface area (Å²) in [5.41, 5.74) is 0.646. The molecule has 0 bridgehead atoms. The average molecular weight is 315 g/mol. The second-order valence-electron chi connectivity index (χ2n) is 4.75. The number of carbonyl (C=O) groups is 1. The Bertz CT molecular complexity index is 682. The number of nitrogens with zero attached hydrogens (tertiary/aromatic N) is 1. The molecule has 0 unspecified atom stereocenters. The van der Waals surface area contributed by atoms with E-state index in [0.29, 0.717) is 30.1 Å². The summed E-state index contributed by atoms with van der Waals surface area (Å²) in [5.74, 6) is 1.15. The Kier molecular flexibility index (Phi) is 5.68. The molecule has 0 aliphatic heterocycles. The smallest absolute Gasteiger partial charge is 0.273 e. The van der Waals surface area contributed by atoms with Gasteiger partial charge in [0.2, 0.25) is 0 Å². The van der Waals surface area contributed by atoms with Crippen molar-refractivity contribution in [3.05, 3.63) is 64.2 Å². The van der Waals surface area contributed by atoms with Crippen LogP contribution in [0.5, 0.6) is 11.5 Å². The Balaban J connectivity index is 1.80. The first-order chi connectivity index (χ1) is 11.1. The molecule has 0 amide bonds. The molecule has 0 aromatic heterocycles. The molecule has 6 heteroatoms. The number of Topliss-reactive ketones (excluding diaryl/α,β-unsaturated/α-hetero) is 1. The maximum absolute atomic E-state index is 11.5. The standard InChI is InChI=1S/C17H17NO5/c1-2-17(19)13-6-8-15(9-7-13)22-10-11-23-16-5-3-4-14(12-16)18(20)21/h3-9,12H,2,10-11H2,1H3. The Labute approximate surface area is 133 Å². The molecule has 0 atom stereocenters. The molecule has 0 aliphatic rings. The van der Waals surface area contributed by atoms with Gasteiger partial charge in [0, 0.05) is 18.1 Å².